The zero-order valence-corrected chi connectivity index (χ0v) is 11.1. The van der Waals surface area contributed by atoms with Crippen molar-refractivity contribution in [2.75, 3.05) is 6.54 Å². The fourth-order valence-electron chi connectivity index (χ4n) is 1.57. The molecule has 2 N–H and O–H groups in total. The quantitative estimate of drug-likeness (QED) is 0.778. The van der Waals surface area contributed by atoms with E-state index in [1.54, 1.807) is 26.0 Å². The number of rotatable bonds is 6. The summed E-state index contributed by atoms with van der Waals surface area (Å²) in [5, 5.41) is 11.3. The van der Waals surface area contributed by atoms with Gasteiger partial charge in [-0.05, 0) is 37.5 Å². The summed E-state index contributed by atoms with van der Waals surface area (Å²) in [5.41, 5.74) is 0.765. The summed E-state index contributed by atoms with van der Waals surface area (Å²) in [7, 11) is 0. The minimum Gasteiger partial charge on any atom is -0.481 e. The van der Waals surface area contributed by atoms with Crippen molar-refractivity contribution in [3.05, 3.63) is 35.1 Å². The number of hydrogen-bond acceptors (Lipinski definition) is 2. The zero-order valence-electron chi connectivity index (χ0n) is 11.1. The first-order valence-corrected chi connectivity index (χ1v) is 6.19. The molecule has 0 aliphatic rings. The van der Waals surface area contributed by atoms with Gasteiger partial charge in [-0.15, -0.1) is 0 Å². The number of carbonyl (C=O) groups excluding carboxylic acids is 1. The number of amides is 1. The Morgan fingerprint density at radius 1 is 1.42 bits per heavy atom. The van der Waals surface area contributed by atoms with Crippen molar-refractivity contribution in [2.45, 2.75) is 26.7 Å². The molecule has 1 atom stereocenters. The van der Waals surface area contributed by atoms with Crippen molar-refractivity contribution >= 4 is 11.9 Å². The van der Waals surface area contributed by atoms with Crippen LogP contribution in [0.25, 0.3) is 0 Å². The Kier molecular flexibility index (Phi) is 5.48. The van der Waals surface area contributed by atoms with Crippen LogP contribution in [0.5, 0.6) is 0 Å². The van der Waals surface area contributed by atoms with Crippen molar-refractivity contribution in [2.24, 2.45) is 5.92 Å². The standard InChI is InChI=1S/C14H18FNO3/c1-9-5-6-11(8-12(9)15)13(17)16-7-3-4-10(2)14(18)19/h5-6,8,10H,3-4,7H2,1-2H3,(H,16,17)(H,18,19). The van der Waals surface area contributed by atoms with E-state index in [-0.39, 0.29) is 11.5 Å². The lowest BCUT2D eigenvalue weighted by Crippen LogP contribution is -2.25. The summed E-state index contributed by atoms with van der Waals surface area (Å²) in [6.45, 7) is 3.63. The molecule has 0 aliphatic heterocycles. The Morgan fingerprint density at radius 2 is 2.11 bits per heavy atom. The van der Waals surface area contributed by atoms with Gasteiger partial charge in [0.25, 0.3) is 5.91 Å². The maximum absolute atomic E-state index is 13.3. The molecular weight excluding hydrogens is 249 g/mol. The highest BCUT2D eigenvalue weighted by Crippen LogP contribution is 2.09. The van der Waals surface area contributed by atoms with Gasteiger partial charge in [0.05, 0.1) is 5.92 Å². The van der Waals surface area contributed by atoms with E-state index in [2.05, 4.69) is 5.32 Å². The third kappa shape index (κ3) is 4.69. The first-order chi connectivity index (χ1) is 8.91. The van der Waals surface area contributed by atoms with E-state index in [9.17, 15) is 14.0 Å². The number of carboxylic acid groups (broad SMARTS) is 1. The van der Waals surface area contributed by atoms with Gasteiger partial charge in [0, 0.05) is 12.1 Å². The number of benzene rings is 1. The number of aryl methyl sites for hydroxylation is 1. The molecule has 104 valence electrons. The van der Waals surface area contributed by atoms with E-state index in [4.69, 9.17) is 5.11 Å². The molecule has 5 heteroatoms. The van der Waals surface area contributed by atoms with Crippen LogP contribution in [0.4, 0.5) is 4.39 Å². The Bertz CT molecular complexity index is 474. The molecule has 1 rings (SSSR count). The van der Waals surface area contributed by atoms with Crippen LogP contribution in [-0.4, -0.2) is 23.5 Å². The van der Waals surface area contributed by atoms with Gasteiger partial charge in [-0.3, -0.25) is 9.59 Å². The Hall–Kier alpha value is -1.91. The van der Waals surface area contributed by atoms with Crippen molar-refractivity contribution in [3.63, 3.8) is 0 Å². The fraction of sp³-hybridized carbons (Fsp3) is 0.429. The molecule has 1 aromatic rings. The first-order valence-electron chi connectivity index (χ1n) is 6.19. The van der Waals surface area contributed by atoms with Crippen LogP contribution in [0.1, 0.15) is 35.7 Å². The summed E-state index contributed by atoms with van der Waals surface area (Å²) >= 11 is 0. The number of nitrogens with one attached hydrogen (secondary N) is 1. The number of carboxylic acids is 1. The summed E-state index contributed by atoms with van der Waals surface area (Å²) in [4.78, 5) is 22.3. The topological polar surface area (TPSA) is 66.4 Å². The van der Waals surface area contributed by atoms with Crippen LogP contribution < -0.4 is 5.32 Å². The van der Waals surface area contributed by atoms with E-state index in [0.29, 0.717) is 24.9 Å². The lowest BCUT2D eigenvalue weighted by molar-refractivity contribution is -0.141. The van der Waals surface area contributed by atoms with Crippen LogP contribution >= 0.6 is 0 Å². The number of halogens is 1. The Balaban J connectivity index is 2.39. The molecule has 0 bridgehead atoms. The summed E-state index contributed by atoms with van der Waals surface area (Å²) in [6.07, 6.45) is 1.07. The van der Waals surface area contributed by atoms with Gasteiger partial charge in [0.15, 0.2) is 0 Å². The van der Waals surface area contributed by atoms with Crippen LogP contribution in [0, 0.1) is 18.7 Å². The molecule has 0 aliphatic carbocycles. The predicted octanol–water partition coefficient (Wildman–Crippen LogP) is 2.36. The molecule has 0 saturated heterocycles. The smallest absolute Gasteiger partial charge is 0.306 e. The number of hydrogen-bond donors (Lipinski definition) is 2. The van der Waals surface area contributed by atoms with Gasteiger partial charge < -0.3 is 10.4 Å². The highest BCUT2D eigenvalue weighted by molar-refractivity contribution is 5.94. The van der Waals surface area contributed by atoms with Crippen LogP contribution in [0.3, 0.4) is 0 Å². The number of carbonyl (C=O) groups is 2. The van der Waals surface area contributed by atoms with Gasteiger partial charge in [-0.2, -0.15) is 0 Å². The predicted molar refractivity (Wildman–Crippen MR) is 69.5 cm³/mol. The van der Waals surface area contributed by atoms with Crippen molar-refractivity contribution in [3.8, 4) is 0 Å². The van der Waals surface area contributed by atoms with E-state index in [0.717, 1.165) is 0 Å². The second-order valence-electron chi connectivity index (χ2n) is 4.60. The average Bonchev–Trinajstić information content (AvgIpc) is 2.37. The molecule has 0 heterocycles. The summed E-state index contributed by atoms with van der Waals surface area (Å²) in [6, 6.07) is 4.31. The van der Waals surface area contributed by atoms with E-state index < -0.39 is 17.7 Å². The first kappa shape index (κ1) is 15.1. The average molecular weight is 267 g/mol. The molecule has 0 saturated carbocycles. The molecule has 1 unspecified atom stereocenters. The SMILES string of the molecule is Cc1ccc(C(=O)NCCCC(C)C(=O)O)cc1F. The fourth-order valence-corrected chi connectivity index (χ4v) is 1.57. The Labute approximate surface area is 111 Å². The summed E-state index contributed by atoms with van der Waals surface area (Å²) in [5.74, 6) is -2.02. The van der Waals surface area contributed by atoms with Crippen molar-refractivity contribution in [1.29, 1.82) is 0 Å². The zero-order chi connectivity index (χ0) is 14.4. The molecule has 1 aromatic carbocycles. The van der Waals surface area contributed by atoms with Crippen LogP contribution in [-0.2, 0) is 4.79 Å². The second-order valence-corrected chi connectivity index (χ2v) is 4.60. The van der Waals surface area contributed by atoms with E-state index in [1.807, 2.05) is 0 Å². The van der Waals surface area contributed by atoms with Crippen molar-refractivity contribution in [1.82, 2.24) is 5.32 Å². The lowest BCUT2D eigenvalue weighted by Gasteiger charge is -2.08. The molecule has 4 nitrogen and oxygen atoms in total. The third-order valence-corrected chi connectivity index (χ3v) is 2.96. The largest absolute Gasteiger partial charge is 0.481 e. The minimum absolute atomic E-state index is 0.273. The van der Waals surface area contributed by atoms with E-state index in [1.165, 1.54) is 6.07 Å². The summed E-state index contributed by atoms with van der Waals surface area (Å²) < 4.78 is 13.3. The Morgan fingerprint density at radius 3 is 2.68 bits per heavy atom. The van der Waals surface area contributed by atoms with Gasteiger partial charge in [-0.1, -0.05) is 13.0 Å². The molecule has 0 fully saturated rings. The third-order valence-electron chi connectivity index (χ3n) is 2.96. The second kappa shape index (κ2) is 6.87. The highest BCUT2D eigenvalue weighted by atomic mass is 19.1. The van der Waals surface area contributed by atoms with E-state index >= 15 is 0 Å². The van der Waals surface area contributed by atoms with Crippen molar-refractivity contribution < 1.29 is 19.1 Å². The van der Waals surface area contributed by atoms with Gasteiger partial charge in [-0.25, -0.2) is 4.39 Å². The lowest BCUT2D eigenvalue weighted by atomic mass is 10.1. The maximum Gasteiger partial charge on any atom is 0.306 e. The van der Waals surface area contributed by atoms with Crippen LogP contribution in [0.2, 0.25) is 0 Å². The van der Waals surface area contributed by atoms with Crippen LogP contribution in [0.15, 0.2) is 18.2 Å². The molecule has 1 amide bonds. The van der Waals surface area contributed by atoms with Gasteiger partial charge in [0.2, 0.25) is 0 Å². The molecular formula is C14H18FNO3. The minimum atomic E-state index is -0.841. The number of aliphatic carboxylic acids is 1. The molecule has 0 aromatic heterocycles. The monoisotopic (exact) mass is 267 g/mol. The normalized spacial score (nSPS) is 11.9. The van der Waals surface area contributed by atoms with Gasteiger partial charge >= 0.3 is 5.97 Å². The molecule has 0 radical (unpaired) electrons. The van der Waals surface area contributed by atoms with Gasteiger partial charge in [0.1, 0.15) is 5.82 Å². The highest BCUT2D eigenvalue weighted by Gasteiger charge is 2.11. The molecule has 19 heavy (non-hydrogen) atoms. The maximum atomic E-state index is 13.3. The molecule has 0 spiro atoms.